The third-order valence-corrected chi connectivity index (χ3v) is 12.8. The number of hydrogen-bond donors (Lipinski definition) is 0. The molecule has 1 aliphatic rings. The Morgan fingerprint density at radius 3 is 1.58 bits per heavy atom. The number of Topliss-reactive ketones (excluding diaryl/α,β-unsaturated/α-hetero) is 3. The third-order valence-electron chi connectivity index (χ3n) is 12.8. The van der Waals surface area contributed by atoms with Crippen LogP contribution in [0, 0.1) is 11.3 Å². The summed E-state index contributed by atoms with van der Waals surface area (Å²) in [5, 5.41) is 0. The molecule has 0 amide bonds. The molecule has 1 atom stereocenters. The SMILES string of the molecule is CCCCCCCCC=CCCCCCCCC(=O)C(=O)C(COC(=O)C=C(C)C=CC=C(C)C=CC1=C(C)CCCC1(C)C)C(=O)CCCCCCCC=CCCCCCCCC. The van der Waals surface area contributed by atoms with Crippen LogP contribution in [0.4, 0.5) is 0 Å². The summed E-state index contributed by atoms with van der Waals surface area (Å²) in [7, 11) is 0. The van der Waals surface area contributed by atoms with Gasteiger partial charge in [0.25, 0.3) is 0 Å². The second-order valence-electron chi connectivity index (χ2n) is 19.5. The number of carbonyl (C=O) groups excluding carboxylic acids is 4. The van der Waals surface area contributed by atoms with Crippen LogP contribution in [0.3, 0.4) is 0 Å². The van der Waals surface area contributed by atoms with Gasteiger partial charge in [0.05, 0.1) is 0 Å². The lowest BCUT2D eigenvalue weighted by molar-refractivity contribution is -0.148. The minimum Gasteiger partial charge on any atom is -0.461 e. The Bertz CT molecular complexity index is 1510. The largest absolute Gasteiger partial charge is 0.461 e. The molecule has 0 spiro atoms. The highest BCUT2D eigenvalue weighted by molar-refractivity contribution is 6.41. The van der Waals surface area contributed by atoms with Crippen LogP contribution in [-0.2, 0) is 23.9 Å². The standard InChI is InChI=1S/C59H96O5/c1-8-10-12-14-16-18-20-22-24-26-28-30-32-34-36-43-55(60)53(58(63)56(61)44-37-35-33-31-29-27-25-23-21-19-17-15-13-11-9-2)49-64-57(62)48-51(4)41-38-40-50(3)45-46-54-52(5)42-39-47-59(54,6)7/h22-25,38,40-41,45-46,48,53H,8-21,26-37,39,42-44,47,49H2,1-7H3. The van der Waals surface area contributed by atoms with E-state index in [0.29, 0.717) is 18.4 Å². The molecule has 1 rings (SSSR count). The minimum absolute atomic E-state index is 0.128. The van der Waals surface area contributed by atoms with E-state index in [1.165, 1.54) is 120 Å². The zero-order valence-electron chi connectivity index (χ0n) is 42.5. The Morgan fingerprint density at radius 2 is 1.08 bits per heavy atom. The van der Waals surface area contributed by atoms with Crippen molar-refractivity contribution in [2.75, 3.05) is 6.61 Å². The highest BCUT2D eigenvalue weighted by Gasteiger charge is 2.32. The average molecular weight is 885 g/mol. The van der Waals surface area contributed by atoms with Crippen molar-refractivity contribution >= 4 is 23.3 Å². The van der Waals surface area contributed by atoms with E-state index >= 15 is 0 Å². The van der Waals surface area contributed by atoms with Crippen molar-refractivity contribution in [1.29, 1.82) is 0 Å². The van der Waals surface area contributed by atoms with E-state index in [4.69, 9.17) is 4.74 Å². The van der Waals surface area contributed by atoms with Gasteiger partial charge in [-0.25, -0.2) is 4.79 Å². The number of ether oxygens (including phenoxy) is 1. The first-order valence-corrected chi connectivity index (χ1v) is 26.4. The molecule has 5 nitrogen and oxygen atoms in total. The predicted octanol–water partition coefficient (Wildman–Crippen LogP) is 17.5. The lowest BCUT2D eigenvalue weighted by atomic mass is 9.72. The van der Waals surface area contributed by atoms with Crippen LogP contribution in [0.15, 0.2) is 83.1 Å². The molecule has 0 N–H and O–H groups in total. The van der Waals surface area contributed by atoms with E-state index in [2.05, 4.69) is 78.0 Å². The molecule has 1 unspecified atom stereocenters. The molecule has 0 fully saturated rings. The number of unbranched alkanes of at least 4 members (excludes halogenated alkanes) is 22. The smallest absolute Gasteiger partial charge is 0.331 e. The van der Waals surface area contributed by atoms with Gasteiger partial charge in [0.2, 0.25) is 5.78 Å². The zero-order valence-corrected chi connectivity index (χ0v) is 42.5. The number of ketones is 3. The summed E-state index contributed by atoms with van der Waals surface area (Å²) >= 11 is 0. The number of carbonyl (C=O) groups is 4. The second-order valence-corrected chi connectivity index (χ2v) is 19.5. The fourth-order valence-corrected chi connectivity index (χ4v) is 8.61. The van der Waals surface area contributed by atoms with Gasteiger partial charge in [0.15, 0.2) is 5.78 Å². The van der Waals surface area contributed by atoms with E-state index < -0.39 is 30.1 Å². The first kappa shape index (κ1) is 58.7. The zero-order chi connectivity index (χ0) is 47.1. The maximum atomic E-state index is 13.5. The summed E-state index contributed by atoms with van der Waals surface area (Å²) in [6.45, 7) is 14.8. The number of hydrogen-bond acceptors (Lipinski definition) is 5. The summed E-state index contributed by atoms with van der Waals surface area (Å²) in [5.74, 6) is -3.41. The fraction of sp³-hybridized carbons (Fsp3) is 0.695. The molecule has 0 saturated heterocycles. The van der Waals surface area contributed by atoms with Gasteiger partial charge in [-0.05, 0) is 121 Å². The molecule has 5 heteroatoms. The molecule has 0 aliphatic heterocycles. The molecule has 0 aromatic rings. The second kappa shape index (κ2) is 38.9. The van der Waals surface area contributed by atoms with E-state index in [1.807, 2.05) is 25.2 Å². The Hall–Kier alpha value is -3.34. The Balaban J connectivity index is 2.65. The van der Waals surface area contributed by atoms with E-state index in [-0.39, 0.29) is 24.0 Å². The minimum atomic E-state index is -1.24. The summed E-state index contributed by atoms with van der Waals surface area (Å²) in [6.07, 6.45) is 54.7. The van der Waals surface area contributed by atoms with Gasteiger partial charge in [-0.15, -0.1) is 0 Å². The van der Waals surface area contributed by atoms with Crippen LogP contribution in [0.1, 0.15) is 248 Å². The van der Waals surface area contributed by atoms with Gasteiger partial charge in [-0.2, -0.15) is 0 Å². The van der Waals surface area contributed by atoms with Crippen molar-refractivity contribution < 1.29 is 23.9 Å². The maximum absolute atomic E-state index is 13.5. The molecule has 0 aromatic carbocycles. The lowest BCUT2D eigenvalue weighted by Crippen LogP contribution is -2.34. The van der Waals surface area contributed by atoms with E-state index in [0.717, 1.165) is 76.2 Å². The van der Waals surface area contributed by atoms with Crippen LogP contribution in [0.25, 0.3) is 0 Å². The van der Waals surface area contributed by atoms with Gasteiger partial charge in [0, 0.05) is 18.9 Å². The summed E-state index contributed by atoms with van der Waals surface area (Å²) in [4.78, 5) is 52.9. The normalized spacial score (nSPS) is 15.4. The summed E-state index contributed by atoms with van der Waals surface area (Å²) in [6, 6.07) is 0. The predicted molar refractivity (Wildman–Crippen MR) is 274 cm³/mol. The molecule has 362 valence electrons. The van der Waals surface area contributed by atoms with E-state index in [1.54, 1.807) is 0 Å². The Morgan fingerprint density at radius 1 is 0.609 bits per heavy atom. The maximum Gasteiger partial charge on any atom is 0.331 e. The lowest BCUT2D eigenvalue weighted by Gasteiger charge is -2.32. The monoisotopic (exact) mass is 885 g/mol. The number of rotatable bonds is 40. The molecule has 0 saturated carbocycles. The van der Waals surface area contributed by atoms with Crippen LogP contribution in [0.5, 0.6) is 0 Å². The molecule has 0 radical (unpaired) electrons. The van der Waals surface area contributed by atoms with Crippen molar-refractivity contribution in [2.24, 2.45) is 11.3 Å². The Labute approximate surface area is 394 Å². The van der Waals surface area contributed by atoms with Gasteiger partial charge < -0.3 is 4.74 Å². The molecule has 1 aliphatic carbocycles. The molecule has 64 heavy (non-hydrogen) atoms. The van der Waals surface area contributed by atoms with Crippen molar-refractivity contribution in [3.63, 3.8) is 0 Å². The van der Waals surface area contributed by atoms with Gasteiger partial charge in [-0.1, -0.05) is 196 Å². The van der Waals surface area contributed by atoms with Crippen molar-refractivity contribution in [3.05, 3.63) is 83.1 Å². The quantitative estimate of drug-likeness (QED) is 0.0117. The van der Waals surface area contributed by atoms with Crippen molar-refractivity contribution in [1.82, 2.24) is 0 Å². The molecular formula is C59H96O5. The van der Waals surface area contributed by atoms with Crippen molar-refractivity contribution in [2.45, 2.75) is 248 Å². The third kappa shape index (κ3) is 30.7. The van der Waals surface area contributed by atoms with Crippen LogP contribution >= 0.6 is 0 Å². The number of esters is 1. The first-order chi connectivity index (χ1) is 30.9. The topological polar surface area (TPSA) is 77.5 Å². The molecular weight excluding hydrogens is 789 g/mol. The average Bonchev–Trinajstić information content (AvgIpc) is 3.25. The van der Waals surface area contributed by atoms with Gasteiger partial charge >= 0.3 is 5.97 Å². The fourth-order valence-electron chi connectivity index (χ4n) is 8.61. The van der Waals surface area contributed by atoms with Crippen molar-refractivity contribution in [3.8, 4) is 0 Å². The summed E-state index contributed by atoms with van der Waals surface area (Å²) in [5.41, 5.74) is 4.86. The van der Waals surface area contributed by atoms with Crippen LogP contribution < -0.4 is 0 Å². The van der Waals surface area contributed by atoms with Crippen LogP contribution in [-0.4, -0.2) is 29.9 Å². The summed E-state index contributed by atoms with van der Waals surface area (Å²) < 4.78 is 5.50. The molecule has 0 heterocycles. The highest BCUT2D eigenvalue weighted by atomic mass is 16.5. The molecule has 0 bridgehead atoms. The molecule has 0 aromatic heterocycles. The van der Waals surface area contributed by atoms with Crippen LogP contribution in [0.2, 0.25) is 0 Å². The van der Waals surface area contributed by atoms with Gasteiger partial charge in [-0.3, -0.25) is 14.4 Å². The van der Waals surface area contributed by atoms with E-state index in [9.17, 15) is 19.2 Å². The Kier molecular flexibility index (Phi) is 35.7. The number of allylic oxidation sites excluding steroid dienone is 13. The van der Waals surface area contributed by atoms with Gasteiger partial charge in [0.1, 0.15) is 18.3 Å². The highest BCUT2D eigenvalue weighted by Crippen LogP contribution is 2.40. The first-order valence-electron chi connectivity index (χ1n) is 26.4.